The highest BCUT2D eigenvalue weighted by Crippen LogP contribution is 2.33. The molecule has 168 valence electrons. The zero-order chi connectivity index (χ0) is 23.5. The normalized spacial score (nSPS) is 16.2. The maximum atomic E-state index is 12.9. The van der Waals surface area contributed by atoms with Crippen LogP contribution < -0.4 is 9.75 Å². The maximum absolute atomic E-state index is 12.9. The summed E-state index contributed by atoms with van der Waals surface area (Å²) in [6, 6.07) is 14.0. The van der Waals surface area contributed by atoms with Crippen molar-refractivity contribution >= 4 is 46.6 Å². The number of para-hydroxylation sites is 1. The summed E-state index contributed by atoms with van der Waals surface area (Å²) in [4.78, 5) is 29.1. The molecule has 9 nitrogen and oxygen atoms in total. The van der Waals surface area contributed by atoms with Crippen molar-refractivity contribution in [2.75, 3.05) is 12.1 Å². The summed E-state index contributed by atoms with van der Waals surface area (Å²) in [6.45, 7) is 1.68. The Kier molecular flexibility index (Phi) is 6.47. The van der Waals surface area contributed by atoms with Crippen LogP contribution in [0.1, 0.15) is 6.92 Å². The van der Waals surface area contributed by atoms with Gasteiger partial charge in [-0.05, 0) is 55.1 Å². The Balaban J connectivity index is 1.59. The van der Waals surface area contributed by atoms with Gasteiger partial charge in [-0.15, -0.1) is 5.10 Å². The van der Waals surface area contributed by atoms with Gasteiger partial charge in [0.15, 0.2) is 5.82 Å². The quantitative estimate of drug-likeness (QED) is 0.381. The van der Waals surface area contributed by atoms with Gasteiger partial charge in [-0.3, -0.25) is 9.89 Å². The third-order valence-electron chi connectivity index (χ3n) is 4.80. The third-order valence-corrected chi connectivity index (χ3v) is 5.93. The summed E-state index contributed by atoms with van der Waals surface area (Å²) in [7, 11) is 1.52. The van der Waals surface area contributed by atoms with Crippen LogP contribution in [0, 0.1) is 5.92 Å². The number of aliphatic carboxylic acids is 1. The molecule has 1 aliphatic heterocycles. The number of rotatable bonds is 7. The van der Waals surface area contributed by atoms with Gasteiger partial charge < -0.3 is 9.84 Å². The molecule has 4 rings (SSSR count). The van der Waals surface area contributed by atoms with E-state index in [2.05, 4.69) is 20.3 Å². The Morgan fingerprint density at radius 2 is 2.03 bits per heavy atom. The minimum absolute atomic E-state index is 0.0959. The van der Waals surface area contributed by atoms with Crippen LogP contribution in [0.25, 0.3) is 11.4 Å². The second-order valence-electron chi connectivity index (χ2n) is 6.95. The fourth-order valence-corrected chi connectivity index (χ4v) is 4.09. The first-order valence-electron chi connectivity index (χ1n) is 9.70. The van der Waals surface area contributed by atoms with Crippen molar-refractivity contribution in [2.24, 2.45) is 11.0 Å². The minimum atomic E-state index is -1.20. The van der Waals surface area contributed by atoms with E-state index in [-0.39, 0.29) is 16.0 Å². The smallest absolute Gasteiger partial charge is 0.342 e. The van der Waals surface area contributed by atoms with Crippen LogP contribution in [-0.4, -0.2) is 45.0 Å². The van der Waals surface area contributed by atoms with E-state index in [1.54, 1.807) is 49.4 Å². The zero-order valence-corrected chi connectivity index (χ0v) is 19.1. The Hall–Kier alpha value is -3.63. The van der Waals surface area contributed by atoms with Crippen molar-refractivity contribution in [3.8, 4) is 17.1 Å². The molecule has 11 heteroatoms. The largest absolute Gasteiger partial charge is 0.496 e. The molecular formula is C22H18ClN5O4S. The lowest BCUT2D eigenvalue weighted by Crippen LogP contribution is -2.26. The van der Waals surface area contributed by atoms with Gasteiger partial charge in [0.25, 0.3) is 5.91 Å². The first-order valence-corrected chi connectivity index (χ1v) is 10.9. The molecule has 1 atom stereocenters. The lowest BCUT2D eigenvalue weighted by molar-refractivity contribution is -0.131. The first kappa shape index (κ1) is 22.6. The number of aromatic amines is 1. The molecule has 0 aliphatic carbocycles. The van der Waals surface area contributed by atoms with E-state index in [1.807, 2.05) is 6.07 Å². The molecule has 0 saturated heterocycles. The number of H-pyrrole nitrogens is 1. The second kappa shape index (κ2) is 9.47. The molecule has 1 aromatic heterocycles. The Bertz CT molecular complexity index is 1270. The van der Waals surface area contributed by atoms with Gasteiger partial charge in [0, 0.05) is 5.02 Å². The van der Waals surface area contributed by atoms with E-state index < -0.39 is 11.9 Å². The predicted octanol–water partition coefficient (Wildman–Crippen LogP) is 4.23. The minimum Gasteiger partial charge on any atom is -0.496 e. The number of carboxylic acid groups (broad SMARTS) is 1. The van der Waals surface area contributed by atoms with E-state index >= 15 is 0 Å². The molecule has 3 aromatic rings. The van der Waals surface area contributed by atoms with Crippen molar-refractivity contribution in [3.63, 3.8) is 0 Å². The molecule has 0 fully saturated rings. The molecule has 0 unspecified atom stereocenters. The van der Waals surface area contributed by atoms with E-state index in [4.69, 9.17) is 16.3 Å². The second-order valence-corrected chi connectivity index (χ2v) is 8.40. The molecule has 1 amide bonds. The standard InChI is InChI=1S/C22H18ClN5O4S/c1-12-15(20(29)28(27-12)14-6-4-3-5-7-14)11-18(21(30)31)33-22-24-19(25-26-22)16-10-13(23)8-9-17(16)32-2/h3-11,15H,1-2H3,(H,30,31)(H,24,25,26)/b18-11+/t15-/m0/s1. The van der Waals surface area contributed by atoms with Gasteiger partial charge in [-0.1, -0.05) is 29.8 Å². The van der Waals surface area contributed by atoms with Crippen molar-refractivity contribution in [3.05, 3.63) is 64.5 Å². The van der Waals surface area contributed by atoms with Crippen molar-refractivity contribution in [1.29, 1.82) is 0 Å². The molecule has 2 aromatic carbocycles. The summed E-state index contributed by atoms with van der Waals surface area (Å²) in [5, 5.41) is 22.8. The number of anilines is 1. The molecule has 0 spiro atoms. The number of carbonyl (C=O) groups excluding carboxylic acids is 1. The maximum Gasteiger partial charge on any atom is 0.342 e. The van der Waals surface area contributed by atoms with Gasteiger partial charge in [0.2, 0.25) is 5.16 Å². The Labute approximate surface area is 198 Å². The number of nitrogens with one attached hydrogen (secondary N) is 1. The Morgan fingerprint density at radius 1 is 1.27 bits per heavy atom. The van der Waals surface area contributed by atoms with Crippen molar-refractivity contribution in [1.82, 2.24) is 15.2 Å². The highest BCUT2D eigenvalue weighted by Gasteiger charge is 2.34. The molecular weight excluding hydrogens is 466 g/mol. The number of hydrazone groups is 1. The van der Waals surface area contributed by atoms with Crippen LogP contribution in [0.4, 0.5) is 5.69 Å². The number of aromatic nitrogens is 3. The van der Waals surface area contributed by atoms with E-state index in [0.717, 1.165) is 11.8 Å². The monoisotopic (exact) mass is 483 g/mol. The van der Waals surface area contributed by atoms with E-state index in [1.165, 1.54) is 18.2 Å². The highest BCUT2D eigenvalue weighted by atomic mass is 35.5. The summed E-state index contributed by atoms with van der Waals surface area (Å²) < 4.78 is 5.33. The van der Waals surface area contributed by atoms with E-state index in [0.29, 0.717) is 33.6 Å². The number of halogens is 1. The lowest BCUT2D eigenvalue weighted by Gasteiger charge is -2.12. The van der Waals surface area contributed by atoms with Crippen LogP contribution in [0.3, 0.4) is 0 Å². The highest BCUT2D eigenvalue weighted by molar-refractivity contribution is 8.03. The van der Waals surface area contributed by atoms with Crippen LogP contribution in [0.15, 0.2) is 69.8 Å². The van der Waals surface area contributed by atoms with Gasteiger partial charge in [-0.25, -0.2) is 9.78 Å². The number of carboxylic acids is 1. The Morgan fingerprint density at radius 3 is 2.73 bits per heavy atom. The van der Waals surface area contributed by atoms with Crippen LogP contribution >= 0.6 is 23.4 Å². The molecule has 33 heavy (non-hydrogen) atoms. The lowest BCUT2D eigenvalue weighted by atomic mass is 10.0. The average Bonchev–Trinajstić information content (AvgIpc) is 3.38. The van der Waals surface area contributed by atoms with Crippen LogP contribution in [0.5, 0.6) is 5.75 Å². The fourth-order valence-electron chi connectivity index (χ4n) is 3.20. The van der Waals surface area contributed by atoms with E-state index in [9.17, 15) is 14.7 Å². The number of nitrogens with zero attached hydrogens (tertiary/aromatic N) is 4. The van der Waals surface area contributed by atoms with Crippen LogP contribution in [-0.2, 0) is 9.59 Å². The number of hydrogen-bond acceptors (Lipinski definition) is 7. The fraction of sp³-hybridized carbons (Fsp3) is 0.136. The molecule has 0 bridgehead atoms. The SMILES string of the molecule is COc1ccc(Cl)cc1-c1nc(S/C(=C/[C@@H]2C(=O)N(c3ccccc3)N=C2C)C(=O)O)n[nH]1. The van der Waals surface area contributed by atoms with Gasteiger partial charge >= 0.3 is 5.97 Å². The number of amides is 1. The summed E-state index contributed by atoms with van der Waals surface area (Å²) >= 11 is 6.90. The number of benzene rings is 2. The molecule has 2 N–H and O–H groups in total. The number of ether oxygens (including phenoxy) is 1. The zero-order valence-electron chi connectivity index (χ0n) is 17.5. The van der Waals surface area contributed by atoms with Gasteiger partial charge in [-0.2, -0.15) is 10.1 Å². The molecule has 2 heterocycles. The predicted molar refractivity (Wildman–Crippen MR) is 125 cm³/mol. The third kappa shape index (κ3) is 4.76. The van der Waals surface area contributed by atoms with Crippen molar-refractivity contribution in [2.45, 2.75) is 12.1 Å². The molecule has 0 saturated carbocycles. The molecule has 1 aliphatic rings. The number of methoxy groups -OCH3 is 1. The number of thioether (sulfide) groups is 1. The van der Waals surface area contributed by atoms with Crippen molar-refractivity contribution < 1.29 is 19.4 Å². The number of carbonyl (C=O) groups is 2. The van der Waals surface area contributed by atoms with Gasteiger partial charge in [0.05, 0.1) is 34.9 Å². The van der Waals surface area contributed by atoms with Gasteiger partial charge in [0.1, 0.15) is 5.75 Å². The summed E-state index contributed by atoms with van der Waals surface area (Å²) in [5.74, 6) is -1.45. The first-order chi connectivity index (χ1) is 15.9. The molecule has 0 radical (unpaired) electrons. The average molecular weight is 484 g/mol. The summed E-state index contributed by atoms with van der Waals surface area (Å²) in [6.07, 6.45) is 1.37. The number of hydrogen-bond donors (Lipinski definition) is 2. The topological polar surface area (TPSA) is 121 Å². The summed E-state index contributed by atoms with van der Waals surface area (Å²) in [5.41, 5.74) is 1.68. The van der Waals surface area contributed by atoms with Crippen LogP contribution in [0.2, 0.25) is 5.02 Å².